The van der Waals surface area contributed by atoms with Gasteiger partial charge in [0.15, 0.2) is 0 Å². The van der Waals surface area contributed by atoms with E-state index in [1.54, 1.807) is 6.92 Å². The average Bonchev–Trinajstić information content (AvgIpc) is 2.74. The lowest BCUT2D eigenvalue weighted by Crippen LogP contribution is -2.57. The Hall–Kier alpha value is -2.48. The predicted octanol–water partition coefficient (Wildman–Crippen LogP) is 4.09. The van der Waals surface area contributed by atoms with Crippen LogP contribution in [0.1, 0.15) is 81.1 Å². The van der Waals surface area contributed by atoms with Crippen LogP contribution in [0.4, 0.5) is 0 Å². The number of carbonyl (C=O) groups is 4. The van der Waals surface area contributed by atoms with E-state index in [1.165, 1.54) is 20.8 Å². The number of rotatable bonds is 5. The van der Waals surface area contributed by atoms with Crippen LogP contribution in [0.3, 0.4) is 0 Å². The number of Topliss-reactive ketones (excluding diaryl/α,β-unsaturated/α-hetero) is 1. The number of fused-ring (bicyclic) bond motifs is 3. The van der Waals surface area contributed by atoms with Crippen molar-refractivity contribution in [3.05, 3.63) is 23.3 Å². The molecule has 0 aromatic carbocycles. The first-order valence-electron chi connectivity index (χ1n) is 13.1. The molecule has 8 heteroatoms. The second-order valence-electron chi connectivity index (χ2n) is 12.1. The summed E-state index contributed by atoms with van der Waals surface area (Å²) in [5.74, 6) is -3.08. The third-order valence-corrected chi connectivity index (χ3v) is 9.18. The maximum Gasteiger partial charge on any atom is 0.316 e. The summed E-state index contributed by atoms with van der Waals surface area (Å²) in [6.45, 7) is 18.0. The van der Waals surface area contributed by atoms with Gasteiger partial charge in [-0.25, -0.2) is 0 Å². The number of esters is 3. The Bertz CT molecular complexity index is 1020. The molecule has 2 saturated carbocycles. The van der Waals surface area contributed by atoms with Gasteiger partial charge in [-0.1, -0.05) is 32.9 Å². The fraction of sp³-hybridized carbons (Fsp3) is 0.724. The standard InChI is InChI=1S/C29H42O8/c1-14-10-23(37-27(34)15(2)17(4)30)21-11-20-16(3)22(35-18(5)31)12-25(33)29(20,9)13-24(36-19(6)32)26(14)28(21,7)8/h15,20-25,33H,3,10-13H2,1-2,4-9H3/t15?,20-,21-,22+,23+,24+,25+,29+/m1/s1. The minimum Gasteiger partial charge on any atom is -0.461 e. The van der Waals surface area contributed by atoms with E-state index in [4.69, 9.17) is 14.2 Å². The average molecular weight is 519 g/mol. The summed E-state index contributed by atoms with van der Waals surface area (Å²) in [6.07, 6.45) is -1.02. The van der Waals surface area contributed by atoms with E-state index in [0.29, 0.717) is 24.8 Å². The van der Waals surface area contributed by atoms with Crippen molar-refractivity contribution in [1.29, 1.82) is 0 Å². The van der Waals surface area contributed by atoms with Crippen LogP contribution >= 0.6 is 0 Å². The third-order valence-electron chi connectivity index (χ3n) is 9.18. The van der Waals surface area contributed by atoms with Gasteiger partial charge in [-0.05, 0) is 56.1 Å². The Morgan fingerprint density at radius 1 is 0.973 bits per heavy atom. The second kappa shape index (κ2) is 10.4. The Labute approximate surface area is 219 Å². The number of ketones is 1. The number of aliphatic hydroxyl groups is 1. The van der Waals surface area contributed by atoms with E-state index in [0.717, 1.165) is 11.1 Å². The maximum absolute atomic E-state index is 12.9. The molecule has 3 rings (SSSR count). The molecule has 0 amide bonds. The summed E-state index contributed by atoms with van der Waals surface area (Å²) in [5, 5.41) is 11.4. The smallest absolute Gasteiger partial charge is 0.316 e. The zero-order valence-corrected chi connectivity index (χ0v) is 23.4. The molecule has 2 bridgehead atoms. The van der Waals surface area contributed by atoms with Crippen LogP contribution in [0, 0.1) is 28.6 Å². The first-order valence-corrected chi connectivity index (χ1v) is 13.1. The highest BCUT2D eigenvalue weighted by molar-refractivity contribution is 5.97. The van der Waals surface area contributed by atoms with Crippen LogP contribution in [0.25, 0.3) is 0 Å². The molecule has 0 radical (unpaired) electrons. The molecule has 0 aromatic heterocycles. The van der Waals surface area contributed by atoms with Crippen LogP contribution in [-0.2, 0) is 33.4 Å². The van der Waals surface area contributed by atoms with E-state index in [2.05, 4.69) is 20.4 Å². The van der Waals surface area contributed by atoms with Gasteiger partial charge in [0.2, 0.25) is 0 Å². The molecule has 0 aliphatic heterocycles. The monoisotopic (exact) mass is 518 g/mol. The molecular formula is C29H42O8. The Balaban J connectivity index is 2.15. The van der Waals surface area contributed by atoms with Gasteiger partial charge in [0, 0.05) is 38.0 Å². The lowest BCUT2D eigenvalue weighted by molar-refractivity contribution is -0.169. The van der Waals surface area contributed by atoms with Crippen molar-refractivity contribution in [1.82, 2.24) is 0 Å². The zero-order valence-electron chi connectivity index (χ0n) is 23.4. The summed E-state index contributed by atoms with van der Waals surface area (Å²) < 4.78 is 17.5. The maximum atomic E-state index is 12.9. The molecule has 2 fully saturated rings. The number of ether oxygens (including phenoxy) is 3. The quantitative estimate of drug-likeness (QED) is 0.250. The van der Waals surface area contributed by atoms with Crippen LogP contribution in [-0.4, -0.2) is 53.2 Å². The molecule has 206 valence electrons. The molecule has 0 saturated heterocycles. The van der Waals surface area contributed by atoms with Crippen molar-refractivity contribution in [3.8, 4) is 0 Å². The van der Waals surface area contributed by atoms with Gasteiger partial charge in [0.1, 0.15) is 30.0 Å². The highest BCUT2D eigenvalue weighted by Gasteiger charge is 2.58. The lowest BCUT2D eigenvalue weighted by Gasteiger charge is -2.57. The van der Waals surface area contributed by atoms with Crippen molar-refractivity contribution in [2.24, 2.45) is 28.6 Å². The highest BCUT2D eigenvalue weighted by atomic mass is 16.6. The topological polar surface area (TPSA) is 116 Å². The van der Waals surface area contributed by atoms with Gasteiger partial charge >= 0.3 is 17.9 Å². The fourth-order valence-electron chi connectivity index (χ4n) is 7.03. The van der Waals surface area contributed by atoms with Crippen LogP contribution < -0.4 is 0 Å². The number of aliphatic hydroxyl groups excluding tert-OH is 1. The zero-order chi connectivity index (χ0) is 28.0. The van der Waals surface area contributed by atoms with Gasteiger partial charge in [0.05, 0.1) is 6.10 Å². The molecule has 3 aliphatic rings. The van der Waals surface area contributed by atoms with E-state index in [1.807, 2.05) is 13.8 Å². The summed E-state index contributed by atoms with van der Waals surface area (Å²) in [7, 11) is 0. The minimum atomic E-state index is -0.874. The SMILES string of the molecule is C=C1[C@@H](OC(C)=O)C[C@H](O)[C@@]2(C)C[C@H](OC(C)=O)C3=C(C)C[C@H](OC(=O)C(C)C(C)=O)[C@@H](C[C@H]12)C3(C)C. The van der Waals surface area contributed by atoms with Crippen molar-refractivity contribution in [3.63, 3.8) is 0 Å². The molecule has 3 aliphatic carbocycles. The Morgan fingerprint density at radius 2 is 1.54 bits per heavy atom. The van der Waals surface area contributed by atoms with Crippen molar-refractivity contribution < 1.29 is 38.5 Å². The molecular weight excluding hydrogens is 476 g/mol. The van der Waals surface area contributed by atoms with E-state index in [-0.39, 0.29) is 24.0 Å². The summed E-state index contributed by atoms with van der Waals surface area (Å²) in [5.41, 5.74) is 1.40. The number of hydrogen-bond acceptors (Lipinski definition) is 8. The molecule has 1 unspecified atom stereocenters. The molecule has 0 aromatic rings. The first-order chi connectivity index (χ1) is 17.0. The van der Waals surface area contributed by atoms with Crippen molar-refractivity contribution in [2.45, 2.75) is 105 Å². The lowest BCUT2D eigenvalue weighted by atomic mass is 9.50. The van der Waals surface area contributed by atoms with Crippen LogP contribution in [0.15, 0.2) is 23.3 Å². The van der Waals surface area contributed by atoms with Crippen LogP contribution in [0.2, 0.25) is 0 Å². The van der Waals surface area contributed by atoms with E-state index < -0.39 is 59.1 Å². The van der Waals surface area contributed by atoms with Gasteiger partial charge in [-0.3, -0.25) is 19.2 Å². The van der Waals surface area contributed by atoms with Crippen molar-refractivity contribution >= 4 is 23.7 Å². The van der Waals surface area contributed by atoms with Gasteiger partial charge in [0.25, 0.3) is 0 Å². The first kappa shape index (κ1) is 29.1. The highest BCUT2D eigenvalue weighted by Crippen LogP contribution is 2.60. The van der Waals surface area contributed by atoms with Gasteiger partial charge in [-0.2, -0.15) is 0 Å². The Kier molecular flexibility index (Phi) is 8.14. The van der Waals surface area contributed by atoms with Gasteiger partial charge in [-0.15, -0.1) is 0 Å². The number of carbonyl (C=O) groups excluding carboxylic acids is 4. The molecule has 37 heavy (non-hydrogen) atoms. The molecule has 8 nitrogen and oxygen atoms in total. The molecule has 0 spiro atoms. The molecule has 0 heterocycles. The Morgan fingerprint density at radius 3 is 2.08 bits per heavy atom. The fourth-order valence-corrected chi connectivity index (χ4v) is 7.03. The third kappa shape index (κ3) is 5.40. The summed E-state index contributed by atoms with van der Waals surface area (Å²) in [4.78, 5) is 48.8. The normalized spacial score (nSPS) is 35.9. The van der Waals surface area contributed by atoms with Gasteiger partial charge < -0.3 is 19.3 Å². The predicted molar refractivity (Wildman–Crippen MR) is 136 cm³/mol. The molecule has 8 atom stereocenters. The largest absolute Gasteiger partial charge is 0.461 e. The minimum absolute atomic E-state index is 0.207. The van der Waals surface area contributed by atoms with E-state index in [9.17, 15) is 24.3 Å². The number of hydrogen-bond donors (Lipinski definition) is 1. The van der Waals surface area contributed by atoms with Crippen molar-refractivity contribution in [2.75, 3.05) is 0 Å². The molecule has 1 N–H and O–H groups in total. The summed E-state index contributed by atoms with van der Waals surface area (Å²) in [6, 6.07) is 0. The van der Waals surface area contributed by atoms with E-state index >= 15 is 0 Å². The van der Waals surface area contributed by atoms with Crippen LogP contribution in [0.5, 0.6) is 0 Å². The second-order valence-corrected chi connectivity index (χ2v) is 12.1. The summed E-state index contributed by atoms with van der Waals surface area (Å²) >= 11 is 0.